The highest BCUT2D eigenvalue weighted by Crippen LogP contribution is 2.26. The highest BCUT2D eigenvalue weighted by molar-refractivity contribution is 7.20. The maximum absolute atomic E-state index is 12.7. The van der Waals surface area contributed by atoms with E-state index in [4.69, 9.17) is 0 Å². The first kappa shape index (κ1) is 14.2. The molecule has 0 saturated carbocycles. The van der Waals surface area contributed by atoms with Gasteiger partial charge in [0.05, 0.1) is 24.2 Å². The lowest BCUT2D eigenvalue weighted by molar-refractivity contribution is -0.364. The van der Waals surface area contributed by atoms with Crippen LogP contribution < -0.4 is 9.88 Å². The van der Waals surface area contributed by atoms with Gasteiger partial charge >= 0.3 is 0 Å². The summed E-state index contributed by atoms with van der Waals surface area (Å²) in [7, 11) is 0. The number of benzene rings is 1. The van der Waals surface area contributed by atoms with Crippen molar-refractivity contribution in [2.24, 2.45) is 0 Å². The van der Waals surface area contributed by atoms with E-state index in [1.54, 1.807) is 11.3 Å². The number of amides is 1. The normalized spacial score (nSPS) is 15.1. The Morgan fingerprint density at radius 1 is 1.00 bits per heavy atom. The molecule has 116 valence electrons. The molecule has 1 aromatic carbocycles. The number of nitrogens with one attached hydrogen (secondary N) is 1. The van der Waals surface area contributed by atoms with Crippen molar-refractivity contribution in [3.05, 3.63) is 59.6 Å². The van der Waals surface area contributed by atoms with Gasteiger partial charge in [-0.15, -0.1) is 11.3 Å². The fourth-order valence-corrected chi connectivity index (χ4v) is 4.00. The van der Waals surface area contributed by atoms with Gasteiger partial charge in [0.1, 0.15) is 13.1 Å². The lowest BCUT2D eigenvalue weighted by Gasteiger charge is -2.30. The Morgan fingerprint density at radius 3 is 2.52 bits per heavy atom. The molecule has 1 saturated heterocycles. The van der Waals surface area contributed by atoms with Crippen LogP contribution in [0.3, 0.4) is 0 Å². The fourth-order valence-electron chi connectivity index (χ4n) is 2.97. The maximum Gasteiger partial charge on any atom is 0.274 e. The first-order valence-corrected chi connectivity index (χ1v) is 8.62. The second kappa shape index (κ2) is 6.01. The van der Waals surface area contributed by atoms with Crippen molar-refractivity contribution in [1.82, 2.24) is 4.90 Å². The second-order valence-corrected chi connectivity index (χ2v) is 6.76. The Kier molecular flexibility index (Phi) is 3.71. The lowest BCUT2D eigenvalue weighted by Crippen LogP contribution is -2.49. The molecule has 0 spiro atoms. The number of hydrogen-bond donors (Lipinski definition) is 0. The Labute approximate surface area is 139 Å². The van der Waals surface area contributed by atoms with Gasteiger partial charge in [-0.05, 0) is 23.6 Å². The maximum atomic E-state index is 12.7. The van der Waals surface area contributed by atoms with Crippen LogP contribution in [0.15, 0.2) is 54.7 Å². The van der Waals surface area contributed by atoms with Gasteiger partial charge in [0.25, 0.3) is 11.7 Å². The minimum atomic E-state index is 0.155. The van der Waals surface area contributed by atoms with Gasteiger partial charge in [-0.1, -0.05) is 24.3 Å². The number of anilines is 1. The van der Waals surface area contributed by atoms with Gasteiger partial charge < -0.3 is 4.90 Å². The highest BCUT2D eigenvalue weighted by atomic mass is 32.1. The van der Waals surface area contributed by atoms with Gasteiger partial charge in [0.15, 0.2) is 0 Å². The van der Waals surface area contributed by atoms with Crippen LogP contribution >= 0.6 is 11.3 Å². The van der Waals surface area contributed by atoms with Crippen LogP contribution in [0.4, 0.5) is 5.82 Å². The molecule has 0 radical (unpaired) electrons. The zero-order valence-electron chi connectivity index (χ0n) is 12.7. The molecule has 2 aromatic heterocycles. The number of nitrogens with zero attached hydrogens (tertiary/aromatic N) is 2. The first-order valence-electron chi connectivity index (χ1n) is 7.81. The van der Waals surface area contributed by atoms with Crippen molar-refractivity contribution < 1.29 is 9.78 Å². The van der Waals surface area contributed by atoms with Crippen LogP contribution in [0.2, 0.25) is 0 Å². The summed E-state index contributed by atoms with van der Waals surface area (Å²) in [6, 6.07) is 16.3. The van der Waals surface area contributed by atoms with Gasteiger partial charge in [0.2, 0.25) is 0 Å². The third-order valence-electron chi connectivity index (χ3n) is 4.24. The third kappa shape index (κ3) is 2.80. The lowest BCUT2D eigenvalue weighted by atomic mass is 10.2. The largest absolute Gasteiger partial charge is 0.330 e. The minimum Gasteiger partial charge on any atom is -0.330 e. The molecule has 0 bridgehead atoms. The second-order valence-electron chi connectivity index (χ2n) is 5.68. The Balaban J connectivity index is 1.46. The molecule has 0 atom stereocenters. The number of fused-ring (bicyclic) bond motifs is 1. The summed E-state index contributed by atoms with van der Waals surface area (Å²) in [5.74, 6) is 1.27. The Morgan fingerprint density at radius 2 is 1.78 bits per heavy atom. The van der Waals surface area contributed by atoms with Crippen molar-refractivity contribution in [3.8, 4) is 0 Å². The minimum absolute atomic E-state index is 0.155. The molecule has 1 aliphatic heterocycles. The fraction of sp³-hybridized carbons (Fsp3) is 0.222. The Bertz CT molecular complexity index is 789. The molecule has 5 heteroatoms. The van der Waals surface area contributed by atoms with Crippen molar-refractivity contribution >= 4 is 33.1 Å². The van der Waals surface area contributed by atoms with Gasteiger partial charge in [-0.3, -0.25) is 9.69 Å². The predicted octanol–water partition coefficient (Wildman–Crippen LogP) is 2.68. The van der Waals surface area contributed by atoms with E-state index < -0.39 is 0 Å². The quantitative estimate of drug-likeness (QED) is 0.727. The summed E-state index contributed by atoms with van der Waals surface area (Å²) < 4.78 is 1.17. The zero-order chi connectivity index (χ0) is 15.6. The number of H-pyrrole nitrogens is 1. The number of aromatic amines is 1. The number of carbonyl (C=O) groups is 1. The van der Waals surface area contributed by atoms with E-state index in [0.717, 1.165) is 42.3 Å². The first-order chi connectivity index (χ1) is 11.3. The summed E-state index contributed by atoms with van der Waals surface area (Å²) in [6.07, 6.45) is 1.93. The smallest absolute Gasteiger partial charge is 0.274 e. The number of piperazine rings is 1. The summed E-state index contributed by atoms with van der Waals surface area (Å²) in [5, 5.41) is 1.15. The zero-order valence-corrected chi connectivity index (χ0v) is 13.6. The number of pyridine rings is 1. The van der Waals surface area contributed by atoms with Crippen molar-refractivity contribution in [2.75, 3.05) is 31.1 Å². The predicted molar refractivity (Wildman–Crippen MR) is 92.9 cm³/mol. The standard InChI is InChI=1S/C18H17N3OS/c22-18(16-13-14-5-1-2-6-15(14)23-16)21-11-9-20(10-12-21)17-7-3-4-8-19-17/h1-8,13H,9-12H2/p+1. The molecular weight excluding hydrogens is 306 g/mol. The molecule has 3 aromatic rings. The molecule has 3 heterocycles. The molecule has 1 amide bonds. The number of thiophene rings is 1. The molecule has 4 rings (SSSR count). The van der Waals surface area contributed by atoms with Gasteiger partial charge in [-0.2, -0.15) is 0 Å². The molecule has 0 unspecified atom stereocenters. The average Bonchev–Trinajstić information content (AvgIpc) is 3.06. The van der Waals surface area contributed by atoms with Crippen LogP contribution in [0, 0.1) is 0 Å². The van der Waals surface area contributed by atoms with E-state index in [9.17, 15) is 4.79 Å². The van der Waals surface area contributed by atoms with Crippen LogP contribution in [-0.2, 0) is 0 Å². The molecule has 1 fully saturated rings. The van der Waals surface area contributed by atoms with E-state index in [1.165, 1.54) is 4.70 Å². The number of hydrogen-bond acceptors (Lipinski definition) is 3. The summed E-state index contributed by atoms with van der Waals surface area (Å²) in [6.45, 7) is 3.24. The van der Waals surface area contributed by atoms with Crippen LogP contribution in [0.25, 0.3) is 10.1 Å². The van der Waals surface area contributed by atoms with E-state index >= 15 is 0 Å². The Hall–Kier alpha value is -2.40. The van der Waals surface area contributed by atoms with Crippen LogP contribution in [0.5, 0.6) is 0 Å². The number of rotatable bonds is 2. The van der Waals surface area contributed by atoms with Gasteiger partial charge in [0, 0.05) is 10.8 Å². The third-order valence-corrected chi connectivity index (χ3v) is 5.34. The average molecular weight is 324 g/mol. The molecule has 1 aliphatic rings. The molecule has 4 nitrogen and oxygen atoms in total. The number of carbonyl (C=O) groups excluding carboxylic acids is 1. The molecule has 23 heavy (non-hydrogen) atoms. The van der Waals surface area contributed by atoms with Crippen LogP contribution in [0.1, 0.15) is 9.67 Å². The van der Waals surface area contributed by atoms with E-state index in [1.807, 2.05) is 41.4 Å². The summed E-state index contributed by atoms with van der Waals surface area (Å²) in [4.78, 5) is 21.1. The summed E-state index contributed by atoms with van der Waals surface area (Å²) in [5.41, 5.74) is 0. The molecule has 1 N–H and O–H groups in total. The molecule has 0 aliphatic carbocycles. The van der Waals surface area contributed by atoms with Crippen molar-refractivity contribution in [1.29, 1.82) is 0 Å². The van der Waals surface area contributed by atoms with Crippen molar-refractivity contribution in [2.45, 2.75) is 0 Å². The SMILES string of the molecule is O=C(c1cc2ccccc2s1)N1CCN(c2cccc[nH+]2)CC1. The summed E-state index contributed by atoms with van der Waals surface area (Å²) >= 11 is 1.59. The van der Waals surface area contributed by atoms with Gasteiger partial charge in [-0.25, -0.2) is 4.98 Å². The van der Waals surface area contributed by atoms with E-state index in [-0.39, 0.29) is 5.91 Å². The monoisotopic (exact) mass is 324 g/mol. The number of aromatic nitrogens is 1. The topological polar surface area (TPSA) is 37.7 Å². The van der Waals surface area contributed by atoms with Crippen molar-refractivity contribution in [3.63, 3.8) is 0 Å². The highest BCUT2D eigenvalue weighted by Gasteiger charge is 2.27. The van der Waals surface area contributed by atoms with E-state index in [2.05, 4.69) is 28.1 Å². The van der Waals surface area contributed by atoms with E-state index in [0.29, 0.717) is 0 Å². The van der Waals surface area contributed by atoms with Crippen LogP contribution in [-0.4, -0.2) is 37.0 Å². The molecular formula is C18H18N3OS+.